The second-order valence-electron chi connectivity index (χ2n) is 7.96. The van der Waals surface area contributed by atoms with Crippen LogP contribution in [-0.2, 0) is 21.8 Å². The quantitative estimate of drug-likeness (QED) is 0.447. The third-order valence-corrected chi connectivity index (χ3v) is 7.03. The van der Waals surface area contributed by atoms with Gasteiger partial charge in [-0.2, -0.15) is 11.8 Å². The Labute approximate surface area is 190 Å². The number of hydrogen-bond donors (Lipinski definition) is 1. The van der Waals surface area contributed by atoms with E-state index < -0.39 is 18.5 Å². The van der Waals surface area contributed by atoms with Crippen molar-refractivity contribution in [3.63, 3.8) is 0 Å². The molecule has 168 valence electrons. The lowest BCUT2D eigenvalue weighted by Gasteiger charge is -2.20. The number of carbonyl (C=O) groups is 2. The zero-order valence-corrected chi connectivity index (χ0v) is 18.6. The summed E-state index contributed by atoms with van der Waals surface area (Å²) in [7, 11) is 0. The Hall–Kier alpha value is -2.80. The van der Waals surface area contributed by atoms with Crippen molar-refractivity contribution < 1.29 is 23.1 Å². The molecule has 1 amide bonds. The highest BCUT2D eigenvalue weighted by molar-refractivity contribution is 7.99. The number of carbonyl (C=O) groups excluding carboxylic acids is 2. The molecule has 1 N–H and O–H groups in total. The molecule has 0 bridgehead atoms. The number of ether oxygens (including phenoxy) is 1. The van der Waals surface area contributed by atoms with Crippen molar-refractivity contribution >= 4 is 34.6 Å². The van der Waals surface area contributed by atoms with Gasteiger partial charge in [-0.3, -0.25) is 4.79 Å². The molecular formula is C25H26FNO4S. The number of rotatable bonds is 8. The van der Waals surface area contributed by atoms with Crippen molar-refractivity contribution in [2.45, 2.75) is 49.7 Å². The number of nitrogens with one attached hydrogen (secondary N) is 1. The van der Waals surface area contributed by atoms with Crippen LogP contribution in [0, 0.1) is 5.82 Å². The van der Waals surface area contributed by atoms with Crippen molar-refractivity contribution in [3.8, 4) is 0 Å². The molecule has 2 aromatic carbocycles. The fourth-order valence-corrected chi connectivity index (χ4v) is 5.25. The summed E-state index contributed by atoms with van der Waals surface area (Å²) in [6.45, 7) is -0.184. The van der Waals surface area contributed by atoms with Crippen LogP contribution in [-0.4, -0.2) is 23.7 Å². The molecule has 0 spiro atoms. The molecule has 1 heterocycles. The number of hydrogen-bond acceptors (Lipinski definition) is 5. The maximum absolute atomic E-state index is 13.0. The summed E-state index contributed by atoms with van der Waals surface area (Å²) < 4.78 is 24.0. The van der Waals surface area contributed by atoms with Gasteiger partial charge in [-0.05, 0) is 36.6 Å². The van der Waals surface area contributed by atoms with E-state index in [4.69, 9.17) is 9.15 Å². The van der Waals surface area contributed by atoms with Crippen LogP contribution < -0.4 is 5.32 Å². The predicted molar refractivity (Wildman–Crippen MR) is 123 cm³/mol. The fourth-order valence-electron chi connectivity index (χ4n) is 3.89. The summed E-state index contributed by atoms with van der Waals surface area (Å²) in [5, 5.41) is 4.16. The first kappa shape index (κ1) is 22.4. The second kappa shape index (κ2) is 10.7. The molecule has 3 aromatic rings. The summed E-state index contributed by atoms with van der Waals surface area (Å²) in [5.41, 5.74) is 2.22. The first-order valence-electron chi connectivity index (χ1n) is 10.9. The zero-order valence-electron chi connectivity index (χ0n) is 17.8. The average Bonchev–Trinajstić information content (AvgIpc) is 3.20. The molecule has 1 saturated carbocycles. The Morgan fingerprint density at radius 1 is 1.06 bits per heavy atom. The maximum atomic E-state index is 13.0. The van der Waals surface area contributed by atoms with Crippen LogP contribution in [0.3, 0.4) is 0 Å². The van der Waals surface area contributed by atoms with Crippen LogP contribution >= 0.6 is 11.8 Å². The van der Waals surface area contributed by atoms with Gasteiger partial charge in [0, 0.05) is 28.5 Å². The summed E-state index contributed by atoms with van der Waals surface area (Å²) in [6.07, 6.45) is 6.22. The normalized spacial score (nSPS) is 14.4. The van der Waals surface area contributed by atoms with Gasteiger partial charge >= 0.3 is 5.97 Å². The predicted octanol–water partition coefficient (Wildman–Crippen LogP) is 5.61. The molecule has 1 aromatic heterocycles. The van der Waals surface area contributed by atoms with Gasteiger partial charge in [-0.1, -0.05) is 49.6 Å². The van der Waals surface area contributed by atoms with Crippen molar-refractivity contribution in [2.75, 3.05) is 6.61 Å². The smallest absolute Gasteiger partial charge is 0.375 e. The van der Waals surface area contributed by atoms with Gasteiger partial charge in [0.15, 0.2) is 6.61 Å². The number of fused-ring (bicyclic) bond motifs is 1. The maximum Gasteiger partial charge on any atom is 0.375 e. The minimum Gasteiger partial charge on any atom is -0.450 e. The van der Waals surface area contributed by atoms with Crippen LogP contribution in [0.2, 0.25) is 0 Å². The molecule has 4 rings (SSSR count). The monoisotopic (exact) mass is 455 g/mol. The molecule has 5 nitrogen and oxygen atoms in total. The van der Waals surface area contributed by atoms with Gasteiger partial charge < -0.3 is 14.5 Å². The van der Waals surface area contributed by atoms with Crippen molar-refractivity contribution in [3.05, 3.63) is 71.2 Å². The number of thioether (sulfide) groups is 1. The van der Waals surface area contributed by atoms with E-state index in [9.17, 15) is 14.0 Å². The molecule has 0 aliphatic heterocycles. The first-order chi connectivity index (χ1) is 15.6. The Kier molecular flexibility index (Phi) is 7.47. The fraction of sp³-hybridized carbons (Fsp3) is 0.360. The highest BCUT2D eigenvalue weighted by atomic mass is 32.2. The second-order valence-corrected chi connectivity index (χ2v) is 9.24. The highest BCUT2D eigenvalue weighted by Crippen LogP contribution is 2.35. The molecule has 0 unspecified atom stereocenters. The number of para-hydroxylation sites is 1. The lowest BCUT2D eigenvalue weighted by atomic mass is 10.0. The standard InChI is InChI=1S/C25H26FNO4S/c26-18-12-10-17(11-13-18)14-27-23(28)15-30-25(29)24-21(16-32-19-6-2-1-3-7-19)20-8-4-5-9-22(20)31-24/h4-5,8-13,19H,1-3,6-7,14-16H2,(H,27,28). The van der Waals surface area contributed by atoms with E-state index in [1.54, 1.807) is 12.1 Å². The molecular weight excluding hydrogens is 429 g/mol. The molecule has 0 radical (unpaired) electrons. The molecule has 7 heteroatoms. The molecule has 1 fully saturated rings. The molecule has 0 saturated heterocycles. The van der Waals surface area contributed by atoms with Gasteiger partial charge in [0.05, 0.1) is 0 Å². The van der Waals surface area contributed by atoms with E-state index in [2.05, 4.69) is 5.32 Å². The van der Waals surface area contributed by atoms with Crippen LogP contribution in [0.1, 0.15) is 53.8 Å². The van der Waals surface area contributed by atoms with E-state index in [0.29, 0.717) is 16.6 Å². The van der Waals surface area contributed by atoms with Crippen molar-refractivity contribution in [2.24, 2.45) is 0 Å². The Morgan fingerprint density at radius 2 is 1.81 bits per heavy atom. The first-order valence-corrected chi connectivity index (χ1v) is 12.0. The van der Waals surface area contributed by atoms with Gasteiger partial charge in [-0.15, -0.1) is 0 Å². The summed E-state index contributed by atoms with van der Waals surface area (Å²) in [4.78, 5) is 24.9. The van der Waals surface area contributed by atoms with Crippen LogP contribution in [0.15, 0.2) is 52.9 Å². The summed E-state index contributed by atoms with van der Waals surface area (Å²) in [6, 6.07) is 13.4. The lowest BCUT2D eigenvalue weighted by molar-refractivity contribution is -0.124. The Bertz CT molecular complexity index is 1070. The SMILES string of the molecule is O=C(COC(=O)c1oc2ccccc2c1CSC1CCCCC1)NCc1ccc(F)cc1. The number of amides is 1. The number of halogens is 1. The third-order valence-electron chi connectivity index (χ3n) is 5.64. The largest absolute Gasteiger partial charge is 0.450 e. The zero-order chi connectivity index (χ0) is 22.3. The number of furan rings is 1. The van der Waals surface area contributed by atoms with Gasteiger partial charge in [0.1, 0.15) is 11.4 Å². The lowest BCUT2D eigenvalue weighted by Crippen LogP contribution is -2.28. The summed E-state index contributed by atoms with van der Waals surface area (Å²) >= 11 is 1.86. The molecule has 1 aliphatic carbocycles. The topological polar surface area (TPSA) is 68.5 Å². The average molecular weight is 456 g/mol. The summed E-state index contributed by atoms with van der Waals surface area (Å²) in [5.74, 6) is -0.574. The van der Waals surface area contributed by atoms with Gasteiger partial charge in [0.2, 0.25) is 5.76 Å². The minimum atomic E-state index is -0.641. The molecule has 0 atom stereocenters. The minimum absolute atomic E-state index is 0.167. The van der Waals surface area contributed by atoms with Crippen molar-refractivity contribution in [1.82, 2.24) is 5.32 Å². The molecule has 1 aliphatic rings. The van der Waals surface area contributed by atoms with Crippen molar-refractivity contribution in [1.29, 1.82) is 0 Å². The molecule has 32 heavy (non-hydrogen) atoms. The highest BCUT2D eigenvalue weighted by Gasteiger charge is 2.24. The van der Waals surface area contributed by atoms with E-state index in [1.807, 2.05) is 36.0 Å². The van der Waals surface area contributed by atoms with E-state index in [0.717, 1.165) is 16.5 Å². The number of esters is 1. The van der Waals surface area contributed by atoms with Crippen LogP contribution in [0.5, 0.6) is 0 Å². The van der Waals surface area contributed by atoms with Crippen LogP contribution in [0.25, 0.3) is 11.0 Å². The third kappa shape index (κ3) is 5.71. The Morgan fingerprint density at radius 3 is 2.59 bits per heavy atom. The Balaban J connectivity index is 1.37. The van der Waals surface area contributed by atoms with Crippen LogP contribution in [0.4, 0.5) is 4.39 Å². The van der Waals surface area contributed by atoms with E-state index in [-0.39, 0.29) is 18.1 Å². The van der Waals surface area contributed by atoms with E-state index >= 15 is 0 Å². The number of benzene rings is 2. The van der Waals surface area contributed by atoms with Gasteiger partial charge in [-0.25, -0.2) is 9.18 Å². The van der Waals surface area contributed by atoms with Gasteiger partial charge in [0.25, 0.3) is 5.91 Å². The van der Waals surface area contributed by atoms with E-state index in [1.165, 1.54) is 44.2 Å².